The van der Waals surface area contributed by atoms with Crippen LogP contribution < -0.4 is 10.6 Å². The Morgan fingerprint density at radius 2 is 1.94 bits per heavy atom. The number of carbonyl (C=O) groups is 3. The zero-order chi connectivity index (χ0) is 24.0. The molecule has 0 aliphatic carbocycles. The monoisotopic (exact) mass is 457 g/mol. The number of benzene rings is 1. The van der Waals surface area contributed by atoms with E-state index in [4.69, 9.17) is 9.47 Å². The Hall–Kier alpha value is -3.56. The van der Waals surface area contributed by atoms with Gasteiger partial charge in [-0.1, -0.05) is 0 Å². The van der Waals surface area contributed by atoms with E-state index in [-0.39, 0.29) is 12.1 Å². The summed E-state index contributed by atoms with van der Waals surface area (Å²) in [6.07, 6.45) is 5.61. The van der Waals surface area contributed by atoms with Gasteiger partial charge in [-0.15, -0.1) is 0 Å². The van der Waals surface area contributed by atoms with Gasteiger partial charge in [-0.2, -0.15) is 5.10 Å². The molecule has 10 heteroatoms. The van der Waals surface area contributed by atoms with Crippen LogP contribution in [0.1, 0.15) is 46.6 Å². The first-order valence-corrected chi connectivity index (χ1v) is 11.0. The van der Waals surface area contributed by atoms with Crippen LogP contribution in [0.2, 0.25) is 0 Å². The van der Waals surface area contributed by atoms with E-state index in [0.29, 0.717) is 25.4 Å². The molecular weight excluding hydrogens is 426 g/mol. The van der Waals surface area contributed by atoms with E-state index >= 15 is 0 Å². The van der Waals surface area contributed by atoms with Crippen LogP contribution in [-0.2, 0) is 14.3 Å². The summed E-state index contributed by atoms with van der Waals surface area (Å²) in [5.41, 5.74) is 0.737. The van der Waals surface area contributed by atoms with E-state index in [1.54, 1.807) is 24.0 Å². The maximum absolute atomic E-state index is 12.3. The molecule has 10 nitrogen and oxygen atoms in total. The fourth-order valence-electron chi connectivity index (χ4n) is 3.46. The smallest absolute Gasteiger partial charge is 0.410 e. The van der Waals surface area contributed by atoms with E-state index in [0.717, 1.165) is 29.8 Å². The van der Waals surface area contributed by atoms with Crippen LogP contribution in [-0.4, -0.2) is 58.0 Å². The molecule has 1 aromatic carbocycles. The van der Waals surface area contributed by atoms with Gasteiger partial charge in [0.15, 0.2) is 0 Å². The predicted octanol–water partition coefficient (Wildman–Crippen LogP) is 3.81. The number of carbonyl (C=O) groups excluding carboxylic acids is 3. The third-order valence-corrected chi connectivity index (χ3v) is 4.99. The van der Waals surface area contributed by atoms with Crippen molar-refractivity contribution in [3.63, 3.8) is 0 Å². The van der Waals surface area contributed by atoms with Crippen molar-refractivity contribution in [1.29, 1.82) is 0 Å². The Kier molecular flexibility index (Phi) is 7.57. The molecule has 2 N–H and O–H groups in total. The topological polar surface area (TPSA) is 115 Å². The molecule has 2 aromatic rings. The molecule has 0 bridgehead atoms. The van der Waals surface area contributed by atoms with E-state index < -0.39 is 17.5 Å². The Bertz CT molecular complexity index is 1030. The number of nitrogens with one attached hydrogen (secondary N) is 2. The molecule has 0 atom stereocenters. The minimum atomic E-state index is -0.644. The lowest BCUT2D eigenvalue weighted by Gasteiger charge is -2.33. The highest BCUT2D eigenvalue weighted by molar-refractivity contribution is 6.05. The molecule has 1 saturated heterocycles. The third-order valence-electron chi connectivity index (χ3n) is 4.99. The van der Waals surface area contributed by atoms with Crippen LogP contribution in [0.25, 0.3) is 10.9 Å². The van der Waals surface area contributed by atoms with Gasteiger partial charge in [0, 0.05) is 36.4 Å². The second-order valence-corrected chi connectivity index (χ2v) is 8.78. The van der Waals surface area contributed by atoms with Crippen molar-refractivity contribution in [2.24, 2.45) is 0 Å². The van der Waals surface area contributed by atoms with Crippen molar-refractivity contribution in [1.82, 2.24) is 20.0 Å². The van der Waals surface area contributed by atoms with Gasteiger partial charge in [0.2, 0.25) is 0 Å². The maximum atomic E-state index is 12.3. The van der Waals surface area contributed by atoms with E-state index in [9.17, 15) is 14.4 Å². The summed E-state index contributed by atoms with van der Waals surface area (Å²) in [5.74, 6) is -0.580. The van der Waals surface area contributed by atoms with Crippen molar-refractivity contribution in [3.05, 3.63) is 36.7 Å². The second-order valence-electron chi connectivity index (χ2n) is 8.78. The van der Waals surface area contributed by atoms with Gasteiger partial charge in [-0.3, -0.25) is 14.8 Å². The number of fused-ring (bicyclic) bond motifs is 1. The number of hydrogen-bond acceptors (Lipinski definition) is 6. The SMILES string of the molecule is CCO/C=C/C(=O)NC(=O)Nc1ccc2cn(C3CCN(C(=O)OC(C)(C)C)CC3)nc2c1. The molecule has 0 radical (unpaired) electrons. The normalized spacial score (nSPS) is 15.0. The van der Waals surface area contributed by atoms with Gasteiger partial charge in [0.05, 0.1) is 24.4 Å². The van der Waals surface area contributed by atoms with Gasteiger partial charge >= 0.3 is 12.1 Å². The zero-order valence-corrected chi connectivity index (χ0v) is 19.5. The molecule has 1 aliphatic heterocycles. The first kappa shape index (κ1) is 24.1. The zero-order valence-electron chi connectivity index (χ0n) is 19.5. The fourth-order valence-corrected chi connectivity index (χ4v) is 3.46. The molecule has 0 spiro atoms. The summed E-state index contributed by atoms with van der Waals surface area (Å²) < 4.78 is 12.3. The van der Waals surface area contributed by atoms with Crippen LogP contribution in [0.3, 0.4) is 0 Å². The summed E-state index contributed by atoms with van der Waals surface area (Å²) in [4.78, 5) is 37.7. The Labute approximate surface area is 192 Å². The number of anilines is 1. The largest absolute Gasteiger partial charge is 0.501 e. The summed E-state index contributed by atoms with van der Waals surface area (Å²) in [5, 5.41) is 10.4. The highest BCUT2D eigenvalue weighted by Crippen LogP contribution is 2.26. The highest BCUT2D eigenvalue weighted by Gasteiger charge is 2.28. The van der Waals surface area contributed by atoms with Gasteiger partial charge < -0.3 is 19.7 Å². The average molecular weight is 458 g/mol. The number of likely N-dealkylation sites (tertiary alicyclic amines) is 1. The number of urea groups is 1. The average Bonchev–Trinajstić information content (AvgIpc) is 3.16. The lowest BCUT2D eigenvalue weighted by Crippen LogP contribution is -2.42. The van der Waals surface area contributed by atoms with Crippen molar-refractivity contribution in [2.45, 2.75) is 52.2 Å². The first-order chi connectivity index (χ1) is 15.6. The van der Waals surface area contributed by atoms with Crippen LogP contribution in [0, 0.1) is 0 Å². The number of hydrogen-bond donors (Lipinski definition) is 2. The minimum absolute atomic E-state index is 0.172. The molecule has 4 amide bonds. The maximum Gasteiger partial charge on any atom is 0.410 e. The van der Waals surface area contributed by atoms with Crippen LogP contribution in [0.5, 0.6) is 0 Å². The van der Waals surface area contributed by atoms with Gasteiger partial charge in [-0.25, -0.2) is 9.59 Å². The number of aromatic nitrogens is 2. The van der Waals surface area contributed by atoms with Crippen molar-refractivity contribution in [2.75, 3.05) is 25.0 Å². The summed E-state index contributed by atoms with van der Waals surface area (Å²) >= 11 is 0. The number of ether oxygens (including phenoxy) is 2. The molecule has 0 unspecified atom stereocenters. The molecule has 1 aromatic heterocycles. The van der Waals surface area contributed by atoms with Gasteiger partial charge in [0.1, 0.15) is 5.60 Å². The van der Waals surface area contributed by atoms with Gasteiger partial charge in [-0.05, 0) is 58.7 Å². The summed E-state index contributed by atoms with van der Waals surface area (Å²) in [7, 11) is 0. The molecule has 178 valence electrons. The summed E-state index contributed by atoms with van der Waals surface area (Å²) in [6, 6.07) is 4.89. The lowest BCUT2D eigenvalue weighted by molar-refractivity contribution is -0.115. The van der Waals surface area contributed by atoms with Crippen LogP contribution in [0.15, 0.2) is 36.7 Å². The number of imide groups is 1. The lowest BCUT2D eigenvalue weighted by atomic mass is 10.1. The van der Waals surface area contributed by atoms with E-state index in [2.05, 4.69) is 15.7 Å². The standard InChI is InChI=1S/C23H31N5O5/c1-5-32-13-10-20(29)25-21(30)24-17-7-6-16-15-28(26-19(16)14-17)18-8-11-27(12-9-18)22(31)33-23(2,3)4/h6-7,10,13-15,18H,5,8-9,11-12H2,1-4H3,(H2,24,25,29,30)/b13-10+. The van der Waals surface area contributed by atoms with Crippen molar-refractivity contribution in [3.8, 4) is 0 Å². The number of nitrogens with zero attached hydrogens (tertiary/aromatic N) is 3. The number of piperidine rings is 1. The fraction of sp³-hybridized carbons (Fsp3) is 0.478. The van der Waals surface area contributed by atoms with Crippen molar-refractivity contribution < 1.29 is 23.9 Å². The third kappa shape index (κ3) is 6.96. The molecule has 1 fully saturated rings. The highest BCUT2D eigenvalue weighted by atomic mass is 16.6. The Morgan fingerprint density at radius 3 is 2.61 bits per heavy atom. The molecular formula is C23H31N5O5. The number of amides is 4. The van der Waals surface area contributed by atoms with Crippen LogP contribution in [0.4, 0.5) is 15.3 Å². The van der Waals surface area contributed by atoms with Crippen LogP contribution >= 0.6 is 0 Å². The minimum Gasteiger partial charge on any atom is -0.501 e. The molecule has 33 heavy (non-hydrogen) atoms. The number of rotatable bonds is 5. The summed E-state index contributed by atoms with van der Waals surface area (Å²) in [6.45, 7) is 9.01. The second kappa shape index (κ2) is 10.4. The molecule has 0 saturated carbocycles. The van der Waals surface area contributed by atoms with E-state index in [1.165, 1.54) is 6.26 Å². The van der Waals surface area contributed by atoms with Crippen molar-refractivity contribution >= 4 is 34.6 Å². The van der Waals surface area contributed by atoms with E-state index in [1.807, 2.05) is 37.7 Å². The van der Waals surface area contributed by atoms with Gasteiger partial charge in [0.25, 0.3) is 5.91 Å². The Morgan fingerprint density at radius 1 is 1.21 bits per heavy atom. The quantitative estimate of drug-likeness (QED) is 0.521. The first-order valence-electron chi connectivity index (χ1n) is 11.0. The molecule has 3 rings (SSSR count). The predicted molar refractivity (Wildman–Crippen MR) is 124 cm³/mol. The molecule has 1 aliphatic rings. The Balaban J connectivity index is 1.57. The molecule has 2 heterocycles.